The number of anilines is 2. The Morgan fingerprint density at radius 3 is 2.61 bits per heavy atom. The van der Waals surface area contributed by atoms with Crippen LogP contribution in [0.1, 0.15) is 18.4 Å². The lowest BCUT2D eigenvalue weighted by Crippen LogP contribution is -2.35. The molecule has 100 valence electrons. The average molecular weight is 247 g/mol. The van der Waals surface area contributed by atoms with Crippen LogP contribution in [-0.4, -0.2) is 38.6 Å². The Labute approximate surface area is 111 Å². The van der Waals surface area contributed by atoms with Crippen LogP contribution in [0.5, 0.6) is 0 Å². The molecule has 18 heavy (non-hydrogen) atoms. The Morgan fingerprint density at radius 2 is 2.00 bits per heavy atom. The van der Waals surface area contributed by atoms with E-state index in [0.717, 1.165) is 18.2 Å². The standard InChI is InChI=1S/C15H25N3/c1-12-4-5-15(14(16)10-12)18(3)11-13-6-8-17(2)9-7-13/h4-5,10,13H,6-9,11,16H2,1-3H3. The van der Waals surface area contributed by atoms with Crippen molar-refractivity contribution in [3.05, 3.63) is 23.8 Å². The Morgan fingerprint density at radius 1 is 1.33 bits per heavy atom. The van der Waals surface area contributed by atoms with Gasteiger partial charge >= 0.3 is 0 Å². The van der Waals surface area contributed by atoms with Crippen LogP contribution in [-0.2, 0) is 0 Å². The minimum Gasteiger partial charge on any atom is -0.397 e. The summed E-state index contributed by atoms with van der Waals surface area (Å²) in [5.41, 5.74) is 9.39. The zero-order chi connectivity index (χ0) is 13.1. The van der Waals surface area contributed by atoms with Crippen LogP contribution < -0.4 is 10.6 Å². The second kappa shape index (κ2) is 5.61. The van der Waals surface area contributed by atoms with E-state index >= 15 is 0 Å². The van der Waals surface area contributed by atoms with Crippen molar-refractivity contribution in [2.24, 2.45) is 5.92 Å². The molecule has 0 aliphatic carbocycles. The molecule has 0 saturated carbocycles. The molecule has 0 aromatic heterocycles. The van der Waals surface area contributed by atoms with E-state index in [4.69, 9.17) is 5.73 Å². The van der Waals surface area contributed by atoms with Gasteiger partial charge < -0.3 is 15.5 Å². The fourth-order valence-electron chi connectivity index (χ4n) is 2.75. The van der Waals surface area contributed by atoms with Gasteiger partial charge in [0.1, 0.15) is 0 Å². The normalized spacial score (nSPS) is 17.9. The van der Waals surface area contributed by atoms with Crippen molar-refractivity contribution >= 4 is 11.4 Å². The Bertz CT molecular complexity index is 395. The largest absolute Gasteiger partial charge is 0.397 e. The van der Waals surface area contributed by atoms with E-state index in [9.17, 15) is 0 Å². The SMILES string of the molecule is Cc1ccc(N(C)CC2CCN(C)CC2)c(N)c1. The van der Waals surface area contributed by atoms with Gasteiger partial charge in [-0.3, -0.25) is 0 Å². The molecule has 1 fully saturated rings. The van der Waals surface area contributed by atoms with E-state index in [1.165, 1.54) is 37.2 Å². The Kier molecular flexibility index (Phi) is 4.12. The zero-order valence-electron chi connectivity index (χ0n) is 11.8. The highest BCUT2D eigenvalue weighted by molar-refractivity contribution is 5.68. The molecule has 1 saturated heterocycles. The first-order valence-electron chi connectivity index (χ1n) is 6.82. The molecule has 0 spiro atoms. The molecule has 0 unspecified atom stereocenters. The van der Waals surface area contributed by atoms with Crippen molar-refractivity contribution in [3.63, 3.8) is 0 Å². The summed E-state index contributed by atoms with van der Waals surface area (Å²) < 4.78 is 0. The molecule has 0 amide bonds. The van der Waals surface area contributed by atoms with E-state index in [0.29, 0.717) is 0 Å². The highest BCUT2D eigenvalue weighted by atomic mass is 15.1. The van der Waals surface area contributed by atoms with Crippen molar-refractivity contribution in [1.29, 1.82) is 0 Å². The third kappa shape index (κ3) is 3.16. The molecule has 0 bridgehead atoms. The van der Waals surface area contributed by atoms with Gasteiger partial charge in [0.05, 0.1) is 11.4 Å². The summed E-state index contributed by atoms with van der Waals surface area (Å²) in [6.45, 7) is 5.64. The van der Waals surface area contributed by atoms with Gasteiger partial charge in [-0.15, -0.1) is 0 Å². The van der Waals surface area contributed by atoms with Crippen molar-refractivity contribution in [2.45, 2.75) is 19.8 Å². The van der Waals surface area contributed by atoms with Crippen LogP contribution in [0, 0.1) is 12.8 Å². The second-order valence-electron chi connectivity index (χ2n) is 5.69. The van der Waals surface area contributed by atoms with Crippen LogP contribution in [0.15, 0.2) is 18.2 Å². The molecule has 1 aromatic carbocycles. The number of nitrogens with zero attached hydrogens (tertiary/aromatic N) is 2. The quantitative estimate of drug-likeness (QED) is 0.832. The highest BCUT2D eigenvalue weighted by Gasteiger charge is 2.18. The van der Waals surface area contributed by atoms with E-state index in [1.807, 2.05) is 0 Å². The monoisotopic (exact) mass is 247 g/mol. The maximum absolute atomic E-state index is 6.10. The molecule has 1 aliphatic rings. The lowest BCUT2D eigenvalue weighted by atomic mass is 9.96. The fraction of sp³-hybridized carbons (Fsp3) is 0.600. The molecular weight excluding hydrogens is 222 g/mol. The van der Waals surface area contributed by atoms with Gasteiger partial charge in [0, 0.05) is 13.6 Å². The van der Waals surface area contributed by atoms with Crippen LogP contribution in [0.4, 0.5) is 11.4 Å². The van der Waals surface area contributed by atoms with Crippen LogP contribution in [0.3, 0.4) is 0 Å². The molecule has 0 atom stereocenters. The molecule has 1 aromatic rings. The first kappa shape index (κ1) is 13.2. The maximum Gasteiger partial charge on any atom is 0.0597 e. The molecular formula is C15H25N3. The maximum atomic E-state index is 6.10. The van der Waals surface area contributed by atoms with Gasteiger partial charge in [-0.1, -0.05) is 6.07 Å². The Hall–Kier alpha value is -1.22. The van der Waals surface area contributed by atoms with E-state index < -0.39 is 0 Å². The van der Waals surface area contributed by atoms with Crippen molar-refractivity contribution in [2.75, 3.05) is 44.4 Å². The van der Waals surface area contributed by atoms with E-state index in [2.05, 4.69) is 49.0 Å². The molecule has 2 rings (SSSR count). The second-order valence-corrected chi connectivity index (χ2v) is 5.69. The Balaban J connectivity index is 1.97. The van der Waals surface area contributed by atoms with Gasteiger partial charge in [-0.25, -0.2) is 0 Å². The fourth-order valence-corrected chi connectivity index (χ4v) is 2.75. The number of hydrogen-bond donors (Lipinski definition) is 1. The van der Waals surface area contributed by atoms with Gasteiger partial charge in [-0.2, -0.15) is 0 Å². The average Bonchev–Trinajstić information content (AvgIpc) is 2.32. The van der Waals surface area contributed by atoms with E-state index in [-0.39, 0.29) is 0 Å². The molecule has 1 heterocycles. The highest BCUT2D eigenvalue weighted by Crippen LogP contribution is 2.26. The summed E-state index contributed by atoms with van der Waals surface area (Å²) >= 11 is 0. The molecule has 3 heteroatoms. The van der Waals surface area contributed by atoms with Crippen molar-refractivity contribution in [3.8, 4) is 0 Å². The number of aryl methyl sites for hydroxylation is 1. The number of likely N-dealkylation sites (tertiary alicyclic amines) is 1. The van der Waals surface area contributed by atoms with Crippen LogP contribution in [0.25, 0.3) is 0 Å². The van der Waals surface area contributed by atoms with Gasteiger partial charge in [0.25, 0.3) is 0 Å². The predicted octanol–water partition coefficient (Wildman–Crippen LogP) is 2.36. The molecule has 2 N–H and O–H groups in total. The zero-order valence-corrected chi connectivity index (χ0v) is 11.8. The smallest absolute Gasteiger partial charge is 0.0597 e. The number of benzene rings is 1. The first-order valence-corrected chi connectivity index (χ1v) is 6.82. The van der Waals surface area contributed by atoms with Crippen molar-refractivity contribution in [1.82, 2.24) is 4.90 Å². The third-order valence-corrected chi connectivity index (χ3v) is 3.96. The lowest BCUT2D eigenvalue weighted by molar-refractivity contribution is 0.222. The molecule has 0 radical (unpaired) electrons. The van der Waals surface area contributed by atoms with Gasteiger partial charge in [0.2, 0.25) is 0 Å². The summed E-state index contributed by atoms with van der Waals surface area (Å²) in [6, 6.07) is 6.33. The summed E-state index contributed by atoms with van der Waals surface area (Å²) in [6.07, 6.45) is 2.60. The number of hydrogen-bond acceptors (Lipinski definition) is 3. The predicted molar refractivity (Wildman–Crippen MR) is 79.1 cm³/mol. The van der Waals surface area contributed by atoms with Gasteiger partial charge in [0.15, 0.2) is 0 Å². The van der Waals surface area contributed by atoms with Crippen LogP contribution >= 0.6 is 0 Å². The number of nitrogen functional groups attached to an aromatic ring is 1. The minimum atomic E-state index is 0.798. The summed E-state index contributed by atoms with van der Waals surface area (Å²) in [5.74, 6) is 0.798. The van der Waals surface area contributed by atoms with Crippen molar-refractivity contribution < 1.29 is 0 Å². The number of piperidine rings is 1. The minimum absolute atomic E-state index is 0.798. The number of rotatable bonds is 3. The lowest BCUT2D eigenvalue weighted by Gasteiger charge is -2.32. The van der Waals surface area contributed by atoms with E-state index in [1.54, 1.807) is 0 Å². The number of nitrogens with two attached hydrogens (primary N) is 1. The summed E-state index contributed by atoms with van der Waals surface area (Å²) in [7, 11) is 4.36. The molecule has 1 aliphatic heterocycles. The first-order chi connectivity index (χ1) is 8.56. The summed E-state index contributed by atoms with van der Waals surface area (Å²) in [5, 5.41) is 0. The molecule has 3 nitrogen and oxygen atoms in total. The van der Waals surface area contributed by atoms with Gasteiger partial charge in [-0.05, 0) is 63.5 Å². The topological polar surface area (TPSA) is 32.5 Å². The summed E-state index contributed by atoms with van der Waals surface area (Å²) in [4.78, 5) is 4.72. The third-order valence-electron chi connectivity index (χ3n) is 3.96. The van der Waals surface area contributed by atoms with Crippen LogP contribution in [0.2, 0.25) is 0 Å².